The molecule has 0 N–H and O–H groups in total. The molecule has 2 nitrogen and oxygen atoms in total. The molecule has 0 radical (unpaired) electrons. The Bertz CT molecular complexity index is 481. The number of nitrogens with zero attached hydrogens (tertiary/aromatic N) is 1. The van der Waals surface area contributed by atoms with Gasteiger partial charge in [-0.1, -0.05) is 11.6 Å². The van der Waals surface area contributed by atoms with Crippen LogP contribution in [0.3, 0.4) is 0 Å². The van der Waals surface area contributed by atoms with E-state index in [0.29, 0.717) is 19.0 Å². The summed E-state index contributed by atoms with van der Waals surface area (Å²) in [6, 6.07) is 1.66. The van der Waals surface area contributed by atoms with E-state index < -0.39 is 17.5 Å². The molecule has 2 rings (SSSR count). The third kappa shape index (κ3) is 2.59. The van der Waals surface area contributed by atoms with Crippen molar-refractivity contribution in [1.29, 1.82) is 0 Å². The number of rotatable bonds is 2. The van der Waals surface area contributed by atoms with Gasteiger partial charge in [-0.3, -0.25) is 4.79 Å². The molecule has 1 atom stereocenters. The molecule has 1 aliphatic rings. The lowest BCUT2D eigenvalue weighted by molar-refractivity contribution is 0.0783. The smallest absolute Gasteiger partial charge is 0.256 e. The van der Waals surface area contributed by atoms with Crippen molar-refractivity contribution in [3.05, 3.63) is 34.4 Å². The minimum absolute atomic E-state index is 0.218. The first-order valence-electron chi connectivity index (χ1n) is 5.52. The van der Waals surface area contributed by atoms with E-state index in [4.69, 9.17) is 23.2 Å². The standard InChI is InChI=1S/C12H11Cl2F2NO/c13-5-7-1-2-17(6-7)12(18)8-3-11(16)9(14)4-10(8)15/h3-4,7H,1-2,5-6H2. The summed E-state index contributed by atoms with van der Waals surface area (Å²) in [7, 11) is 0. The second-order valence-corrected chi connectivity index (χ2v) is 5.02. The molecule has 1 aromatic rings. The Morgan fingerprint density at radius 2 is 2.11 bits per heavy atom. The third-order valence-corrected chi connectivity index (χ3v) is 3.76. The average Bonchev–Trinajstić information content (AvgIpc) is 2.81. The van der Waals surface area contributed by atoms with E-state index in [1.54, 1.807) is 0 Å². The summed E-state index contributed by atoms with van der Waals surface area (Å²) in [5.41, 5.74) is -0.285. The first-order valence-corrected chi connectivity index (χ1v) is 6.44. The zero-order valence-corrected chi connectivity index (χ0v) is 10.9. The highest BCUT2D eigenvalue weighted by molar-refractivity contribution is 6.30. The number of hydrogen-bond donors (Lipinski definition) is 0. The molecule has 1 saturated heterocycles. The molecule has 0 saturated carbocycles. The molecule has 1 aromatic carbocycles. The van der Waals surface area contributed by atoms with Crippen LogP contribution in [0, 0.1) is 17.6 Å². The van der Waals surface area contributed by atoms with Crippen molar-refractivity contribution >= 4 is 29.1 Å². The molecule has 98 valence electrons. The van der Waals surface area contributed by atoms with Gasteiger partial charge in [-0.25, -0.2) is 8.78 Å². The van der Waals surface area contributed by atoms with Gasteiger partial charge in [0.2, 0.25) is 0 Å². The Morgan fingerprint density at radius 3 is 2.72 bits per heavy atom. The first-order chi connectivity index (χ1) is 8.52. The summed E-state index contributed by atoms with van der Waals surface area (Å²) >= 11 is 11.2. The fourth-order valence-corrected chi connectivity index (χ4v) is 2.40. The number of benzene rings is 1. The van der Waals surface area contributed by atoms with Crippen LogP contribution in [0.4, 0.5) is 8.78 Å². The van der Waals surface area contributed by atoms with Gasteiger partial charge in [-0.05, 0) is 24.5 Å². The van der Waals surface area contributed by atoms with Crippen LogP contribution in [0.5, 0.6) is 0 Å². The van der Waals surface area contributed by atoms with Gasteiger partial charge < -0.3 is 4.90 Å². The number of carbonyl (C=O) groups is 1. The van der Waals surface area contributed by atoms with Gasteiger partial charge in [-0.2, -0.15) is 0 Å². The summed E-state index contributed by atoms with van der Waals surface area (Å²) in [6.07, 6.45) is 0.785. The highest BCUT2D eigenvalue weighted by Gasteiger charge is 2.28. The Morgan fingerprint density at radius 1 is 1.39 bits per heavy atom. The highest BCUT2D eigenvalue weighted by Crippen LogP contribution is 2.24. The van der Waals surface area contributed by atoms with Crippen LogP contribution < -0.4 is 0 Å². The van der Waals surface area contributed by atoms with Gasteiger partial charge in [0.25, 0.3) is 5.91 Å². The van der Waals surface area contributed by atoms with Crippen molar-refractivity contribution in [2.24, 2.45) is 5.92 Å². The number of likely N-dealkylation sites (tertiary alicyclic amines) is 1. The molecule has 1 aliphatic heterocycles. The van der Waals surface area contributed by atoms with Crippen LogP contribution in [0.2, 0.25) is 5.02 Å². The Labute approximate surface area is 113 Å². The first kappa shape index (κ1) is 13.6. The summed E-state index contributed by atoms with van der Waals surface area (Å²) in [6.45, 7) is 0.992. The molecule has 0 aliphatic carbocycles. The maximum Gasteiger partial charge on any atom is 0.256 e. The largest absolute Gasteiger partial charge is 0.338 e. The maximum atomic E-state index is 13.6. The number of alkyl halides is 1. The zero-order chi connectivity index (χ0) is 13.3. The number of halogens is 4. The van der Waals surface area contributed by atoms with Crippen LogP contribution in [-0.2, 0) is 0 Å². The highest BCUT2D eigenvalue weighted by atomic mass is 35.5. The Balaban J connectivity index is 2.22. The minimum Gasteiger partial charge on any atom is -0.338 e. The van der Waals surface area contributed by atoms with E-state index in [1.807, 2.05) is 0 Å². The van der Waals surface area contributed by atoms with Gasteiger partial charge in [0.15, 0.2) is 0 Å². The second-order valence-electron chi connectivity index (χ2n) is 4.31. The average molecular weight is 294 g/mol. The van der Waals surface area contributed by atoms with E-state index in [-0.39, 0.29) is 16.5 Å². The number of carbonyl (C=O) groups excluding carboxylic acids is 1. The summed E-state index contributed by atoms with van der Waals surface area (Å²) < 4.78 is 26.8. The quantitative estimate of drug-likeness (QED) is 0.605. The van der Waals surface area contributed by atoms with Crippen LogP contribution in [-0.4, -0.2) is 29.8 Å². The molecule has 1 heterocycles. The van der Waals surface area contributed by atoms with Crippen LogP contribution in [0.1, 0.15) is 16.8 Å². The van der Waals surface area contributed by atoms with Crippen LogP contribution in [0.25, 0.3) is 0 Å². The van der Waals surface area contributed by atoms with Crippen molar-refractivity contribution in [1.82, 2.24) is 4.90 Å². The van der Waals surface area contributed by atoms with Gasteiger partial charge >= 0.3 is 0 Å². The Kier molecular flexibility index (Phi) is 4.07. The van der Waals surface area contributed by atoms with Gasteiger partial charge in [0.05, 0.1) is 10.6 Å². The van der Waals surface area contributed by atoms with E-state index in [0.717, 1.165) is 18.6 Å². The molecular formula is C12H11Cl2F2NO. The molecule has 1 fully saturated rings. The fraction of sp³-hybridized carbons (Fsp3) is 0.417. The molecule has 0 aromatic heterocycles. The van der Waals surface area contributed by atoms with Crippen molar-refractivity contribution in [2.45, 2.75) is 6.42 Å². The van der Waals surface area contributed by atoms with Crippen molar-refractivity contribution in [3.63, 3.8) is 0 Å². The normalized spacial score (nSPS) is 19.3. The molecule has 18 heavy (non-hydrogen) atoms. The maximum absolute atomic E-state index is 13.6. The molecular weight excluding hydrogens is 283 g/mol. The monoisotopic (exact) mass is 293 g/mol. The van der Waals surface area contributed by atoms with Crippen LogP contribution in [0.15, 0.2) is 12.1 Å². The molecule has 0 bridgehead atoms. The molecule has 1 unspecified atom stereocenters. The Hall–Kier alpha value is -0.870. The summed E-state index contributed by atoms with van der Waals surface area (Å²) in [4.78, 5) is 13.5. The van der Waals surface area contributed by atoms with Gasteiger partial charge in [0.1, 0.15) is 11.6 Å². The lowest BCUT2D eigenvalue weighted by atomic mass is 10.1. The lowest BCUT2D eigenvalue weighted by Crippen LogP contribution is -2.29. The van der Waals surface area contributed by atoms with Gasteiger partial charge in [0, 0.05) is 19.0 Å². The van der Waals surface area contributed by atoms with Crippen molar-refractivity contribution in [3.8, 4) is 0 Å². The van der Waals surface area contributed by atoms with E-state index in [9.17, 15) is 13.6 Å². The summed E-state index contributed by atoms with van der Waals surface area (Å²) in [5, 5.41) is -0.330. The van der Waals surface area contributed by atoms with E-state index >= 15 is 0 Å². The summed E-state index contributed by atoms with van der Waals surface area (Å²) in [5.74, 6) is -1.44. The van der Waals surface area contributed by atoms with Crippen molar-refractivity contribution < 1.29 is 13.6 Å². The fourth-order valence-electron chi connectivity index (χ4n) is 2.00. The molecule has 1 amide bonds. The lowest BCUT2D eigenvalue weighted by Gasteiger charge is -2.16. The zero-order valence-electron chi connectivity index (χ0n) is 9.43. The molecule has 6 heteroatoms. The molecule has 0 spiro atoms. The minimum atomic E-state index is -0.805. The predicted octanol–water partition coefficient (Wildman–Crippen LogP) is 3.32. The number of amides is 1. The van der Waals surface area contributed by atoms with Gasteiger partial charge in [-0.15, -0.1) is 11.6 Å². The topological polar surface area (TPSA) is 20.3 Å². The van der Waals surface area contributed by atoms with Crippen LogP contribution >= 0.6 is 23.2 Å². The predicted molar refractivity (Wildman–Crippen MR) is 66.1 cm³/mol. The SMILES string of the molecule is O=C(c1cc(F)c(Cl)cc1F)N1CCC(CCl)C1. The van der Waals surface area contributed by atoms with E-state index in [1.165, 1.54) is 4.90 Å². The number of hydrogen-bond acceptors (Lipinski definition) is 1. The second kappa shape index (κ2) is 5.41. The van der Waals surface area contributed by atoms with Crippen molar-refractivity contribution in [2.75, 3.05) is 19.0 Å². The third-order valence-electron chi connectivity index (χ3n) is 3.03. The van der Waals surface area contributed by atoms with E-state index in [2.05, 4.69) is 0 Å².